The second kappa shape index (κ2) is 7.70. The zero-order valence-corrected chi connectivity index (χ0v) is 15.8. The minimum atomic E-state index is -2.92. The fourth-order valence-corrected chi connectivity index (χ4v) is 4.23. The van der Waals surface area contributed by atoms with Crippen molar-refractivity contribution >= 4 is 27.9 Å². The molecule has 28 heavy (non-hydrogen) atoms. The van der Waals surface area contributed by atoms with Gasteiger partial charge in [0.15, 0.2) is 0 Å². The summed E-state index contributed by atoms with van der Waals surface area (Å²) in [5.74, 6) is 0.0383. The van der Waals surface area contributed by atoms with Crippen molar-refractivity contribution in [1.82, 2.24) is 4.98 Å². The zero-order valence-electron chi connectivity index (χ0n) is 15.0. The van der Waals surface area contributed by atoms with Crippen LogP contribution in [0.4, 0.5) is 14.5 Å². The Morgan fingerprint density at radius 1 is 1.36 bits per heavy atom. The van der Waals surface area contributed by atoms with Crippen LogP contribution >= 0.6 is 11.3 Å². The molecule has 1 aliphatic heterocycles. The summed E-state index contributed by atoms with van der Waals surface area (Å²) in [6.45, 7) is 0.189. The van der Waals surface area contributed by atoms with Crippen molar-refractivity contribution in [3.8, 4) is 11.8 Å². The fraction of sp³-hybridized carbons (Fsp3) is 0.300. The number of thiophene rings is 1. The Morgan fingerprint density at radius 2 is 2.21 bits per heavy atom. The highest BCUT2D eigenvalue weighted by Gasteiger charge is 2.29. The SMILES string of the molecule is CC1CN(c2c(C#N)cnc3ccc(OC(F)F)cc23)CC(c2ccsc2)O1. The van der Waals surface area contributed by atoms with Crippen molar-refractivity contribution in [1.29, 1.82) is 5.26 Å². The molecule has 0 aliphatic carbocycles. The number of hydrogen-bond donors (Lipinski definition) is 0. The maximum atomic E-state index is 12.7. The molecule has 2 atom stereocenters. The first kappa shape index (κ1) is 18.6. The Labute approximate surface area is 164 Å². The van der Waals surface area contributed by atoms with E-state index >= 15 is 0 Å². The highest BCUT2D eigenvalue weighted by molar-refractivity contribution is 7.07. The number of nitrogens with zero attached hydrogens (tertiary/aromatic N) is 3. The molecule has 144 valence electrons. The zero-order chi connectivity index (χ0) is 19.7. The predicted octanol–water partition coefficient (Wildman–Crippen LogP) is 4.74. The third kappa shape index (κ3) is 3.63. The molecule has 1 saturated heterocycles. The van der Waals surface area contributed by atoms with E-state index in [9.17, 15) is 14.0 Å². The molecule has 0 bridgehead atoms. The van der Waals surface area contributed by atoms with Crippen LogP contribution in [0.5, 0.6) is 5.75 Å². The van der Waals surface area contributed by atoms with E-state index in [0.29, 0.717) is 35.2 Å². The van der Waals surface area contributed by atoms with E-state index < -0.39 is 6.61 Å². The molecule has 0 spiro atoms. The van der Waals surface area contributed by atoms with Gasteiger partial charge in [0, 0.05) is 24.7 Å². The lowest BCUT2D eigenvalue weighted by atomic mass is 10.0. The Kier molecular flexibility index (Phi) is 5.11. The molecule has 1 fully saturated rings. The van der Waals surface area contributed by atoms with Crippen LogP contribution in [0.15, 0.2) is 41.2 Å². The second-order valence-corrected chi connectivity index (χ2v) is 7.37. The van der Waals surface area contributed by atoms with Crippen LogP contribution in [0, 0.1) is 11.3 Å². The molecule has 0 N–H and O–H groups in total. The lowest BCUT2D eigenvalue weighted by Crippen LogP contribution is -2.43. The van der Waals surface area contributed by atoms with Crippen LogP contribution in [0.1, 0.15) is 24.2 Å². The standard InChI is InChI=1S/C20H17F2N3O2S/c1-12-9-25(10-18(26-12)13-4-5-28-11-13)19-14(7-23)8-24-17-3-2-15(6-16(17)19)27-20(21)22/h2-6,8,11-12,18,20H,9-10H2,1H3. The number of halogens is 2. The number of ether oxygens (including phenoxy) is 2. The Morgan fingerprint density at radius 3 is 2.93 bits per heavy atom. The van der Waals surface area contributed by atoms with E-state index in [4.69, 9.17) is 4.74 Å². The minimum absolute atomic E-state index is 0.0383. The van der Waals surface area contributed by atoms with E-state index in [0.717, 1.165) is 5.56 Å². The van der Waals surface area contributed by atoms with Gasteiger partial charge in [-0.25, -0.2) is 0 Å². The molecule has 0 radical (unpaired) electrons. The van der Waals surface area contributed by atoms with Gasteiger partial charge in [-0.05, 0) is 47.5 Å². The lowest BCUT2D eigenvalue weighted by molar-refractivity contribution is -0.0497. The number of pyridine rings is 1. The van der Waals surface area contributed by atoms with E-state index in [-0.39, 0.29) is 18.0 Å². The van der Waals surface area contributed by atoms with Gasteiger partial charge in [-0.15, -0.1) is 0 Å². The number of rotatable bonds is 4. The van der Waals surface area contributed by atoms with E-state index in [1.54, 1.807) is 17.4 Å². The molecule has 0 amide bonds. The molecular weight excluding hydrogens is 384 g/mol. The molecule has 1 aliphatic rings. The molecule has 4 rings (SSSR count). The topological polar surface area (TPSA) is 58.4 Å². The largest absolute Gasteiger partial charge is 0.435 e. The molecule has 8 heteroatoms. The van der Waals surface area contributed by atoms with Gasteiger partial charge in [0.1, 0.15) is 17.9 Å². The summed E-state index contributed by atoms with van der Waals surface area (Å²) >= 11 is 1.60. The number of aromatic nitrogens is 1. The Balaban J connectivity index is 1.80. The summed E-state index contributed by atoms with van der Waals surface area (Å²) in [4.78, 5) is 6.37. The van der Waals surface area contributed by atoms with Gasteiger partial charge in [0.25, 0.3) is 0 Å². The number of hydrogen-bond acceptors (Lipinski definition) is 6. The van der Waals surface area contributed by atoms with Gasteiger partial charge in [-0.2, -0.15) is 25.4 Å². The first-order valence-electron chi connectivity index (χ1n) is 8.75. The first-order chi connectivity index (χ1) is 13.5. The van der Waals surface area contributed by atoms with Gasteiger partial charge in [-0.1, -0.05) is 0 Å². The molecular formula is C20H17F2N3O2S. The minimum Gasteiger partial charge on any atom is -0.435 e. The monoisotopic (exact) mass is 401 g/mol. The van der Waals surface area contributed by atoms with Crippen molar-refractivity contribution in [3.05, 3.63) is 52.3 Å². The fourth-order valence-electron chi connectivity index (χ4n) is 3.53. The van der Waals surface area contributed by atoms with Crippen LogP contribution in [0.3, 0.4) is 0 Å². The third-order valence-electron chi connectivity index (χ3n) is 4.65. The maximum absolute atomic E-state index is 12.7. The average Bonchev–Trinajstić information content (AvgIpc) is 3.21. The molecule has 3 aromatic rings. The lowest BCUT2D eigenvalue weighted by Gasteiger charge is -2.38. The van der Waals surface area contributed by atoms with Gasteiger partial charge in [0.05, 0.1) is 22.9 Å². The summed E-state index contributed by atoms with van der Waals surface area (Å²) in [6, 6.07) is 8.79. The third-order valence-corrected chi connectivity index (χ3v) is 5.35. The van der Waals surface area contributed by atoms with E-state index in [2.05, 4.69) is 20.7 Å². The first-order valence-corrected chi connectivity index (χ1v) is 9.69. The summed E-state index contributed by atoms with van der Waals surface area (Å²) in [7, 11) is 0. The van der Waals surface area contributed by atoms with Crippen LogP contribution in [0.2, 0.25) is 0 Å². The Bertz CT molecular complexity index is 1020. The summed E-state index contributed by atoms with van der Waals surface area (Å²) < 4.78 is 36.0. The van der Waals surface area contributed by atoms with Crippen molar-refractivity contribution in [2.45, 2.75) is 25.7 Å². The van der Waals surface area contributed by atoms with Crippen LogP contribution in [-0.2, 0) is 4.74 Å². The normalized spacial score (nSPS) is 19.8. The number of morpholine rings is 1. The summed E-state index contributed by atoms with van der Waals surface area (Å²) in [6.07, 6.45) is 1.32. The molecule has 5 nitrogen and oxygen atoms in total. The van der Waals surface area contributed by atoms with Crippen molar-refractivity contribution in [2.24, 2.45) is 0 Å². The summed E-state index contributed by atoms with van der Waals surface area (Å²) in [5, 5.41) is 14.3. The molecule has 1 aromatic carbocycles. The average molecular weight is 401 g/mol. The van der Waals surface area contributed by atoms with Gasteiger partial charge in [-0.3, -0.25) is 4.98 Å². The van der Waals surface area contributed by atoms with E-state index in [1.807, 2.05) is 23.8 Å². The van der Waals surface area contributed by atoms with Gasteiger partial charge < -0.3 is 14.4 Å². The number of nitriles is 1. The number of benzene rings is 1. The molecule has 2 unspecified atom stereocenters. The molecule has 3 heterocycles. The second-order valence-electron chi connectivity index (χ2n) is 6.59. The number of anilines is 1. The van der Waals surface area contributed by atoms with Crippen LogP contribution in [-0.4, -0.2) is 30.8 Å². The highest BCUT2D eigenvalue weighted by Crippen LogP contribution is 2.36. The summed E-state index contributed by atoms with van der Waals surface area (Å²) in [5.41, 5.74) is 2.75. The predicted molar refractivity (Wildman–Crippen MR) is 103 cm³/mol. The van der Waals surface area contributed by atoms with Crippen LogP contribution in [0.25, 0.3) is 10.9 Å². The molecule has 0 saturated carbocycles. The van der Waals surface area contributed by atoms with Gasteiger partial charge in [0.2, 0.25) is 0 Å². The Hall–Kier alpha value is -2.76. The number of alkyl halides is 2. The maximum Gasteiger partial charge on any atom is 0.387 e. The van der Waals surface area contributed by atoms with Crippen molar-refractivity contribution < 1.29 is 18.3 Å². The van der Waals surface area contributed by atoms with E-state index in [1.165, 1.54) is 18.3 Å². The van der Waals surface area contributed by atoms with Crippen molar-refractivity contribution in [3.63, 3.8) is 0 Å². The number of fused-ring (bicyclic) bond motifs is 1. The highest BCUT2D eigenvalue weighted by atomic mass is 32.1. The quantitative estimate of drug-likeness (QED) is 0.632. The van der Waals surface area contributed by atoms with Gasteiger partial charge >= 0.3 is 6.61 Å². The van der Waals surface area contributed by atoms with Crippen LogP contribution < -0.4 is 9.64 Å². The smallest absolute Gasteiger partial charge is 0.387 e. The molecule has 2 aromatic heterocycles. The van der Waals surface area contributed by atoms with Crippen molar-refractivity contribution in [2.75, 3.05) is 18.0 Å².